The van der Waals surface area contributed by atoms with Crippen LogP contribution in [-0.2, 0) is 0 Å². The molecule has 0 saturated carbocycles. The molecule has 150 valence electrons. The van der Waals surface area contributed by atoms with Crippen LogP contribution < -0.4 is 0 Å². The van der Waals surface area contributed by atoms with E-state index in [4.69, 9.17) is 0 Å². The molecular weight excluding hydrogens is 398 g/mol. The highest BCUT2D eigenvalue weighted by atomic mass is 32.1. The Kier molecular flexibility index (Phi) is 4.76. The Morgan fingerprint density at radius 2 is 1.60 bits per heavy atom. The van der Waals surface area contributed by atoms with Crippen molar-refractivity contribution < 1.29 is 9.59 Å². The Labute approximate surface area is 177 Å². The second-order valence-electron chi connectivity index (χ2n) is 7.08. The minimum absolute atomic E-state index is 0.0339. The van der Waals surface area contributed by atoms with Gasteiger partial charge in [0, 0.05) is 38.1 Å². The highest BCUT2D eigenvalue weighted by molar-refractivity contribution is 7.12. The van der Waals surface area contributed by atoms with Crippen molar-refractivity contribution in [3.63, 3.8) is 0 Å². The van der Waals surface area contributed by atoms with Crippen LogP contribution >= 0.6 is 11.3 Å². The van der Waals surface area contributed by atoms with Gasteiger partial charge in [0.1, 0.15) is 11.8 Å². The predicted molar refractivity (Wildman–Crippen MR) is 115 cm³/mol. The number of piperazine rings is 1. The summed E-state index contributed by atoms with van der Waals surface area (Å²) in [5, 5.41) is 1.90. The van der Waals surface area contributed by atoms with Crippen molar-refractivity contribution in [3.05, 3.63) is 76.9 Å². The number of pyridine rings is 1. The fourth-order valence-corrected chi connectivity index (χ4v) is 4.34. The van der Waals surface area contributed by atoms with E-state index in [2.05, 4.69) is 9.97 Å². The minimum Gasteiger partial charge on any atom is -0.335 e. The number of carbonyl (C=O) groups is 2. The van der Waals surface area contributed by atoms with Gasteiger partial charge >= 0.3 is 0 Å². The Morgan fingerprint density at radius 3 is 2.30 bits per heavy atom. The number of imidazole rings is 1. The molecule has 0 N–H and O–H groups in total. The summed E-state index contributed by atoms with van der Waals surface area (Å²) in [4.78, 5) is 38.7. The standard InChI is InChI=1S/C22H19N5O2S/c28-21(25-8-10-26(11-9-25)22(29)19-7-4-12-30-19)16-13-18-20(23-14-16)27(15-24-18)17-5-2-1-3-6-17/h1-7,12-15H,8-11H2. The van der Waals surface area contributed by atoms with Crippen LogP contribution in [0.25, 0.3) is 16.9 Å². The first-order chi connectivity index (χ1) is 14.7. The van der Waals surface area contributed by atoms with E-state index in [1.54, 1.807) is 28.4 Å². The Balaban J connectivity index is 1.30. The molecule has 2 amide bonds. The molecule has 1 aliphatic heterocycles. The molecule has 30 heavy (non-hydrogen) atoms. The van der Waals surface area contributed by atoms with E-state index in [1.165, 1.54) is 11.3 Å². The summed E-state index contributed by atoms with van der Waals surface area (Å²) in [5.74, 6) is -0.0477. The number of hydrogen-bond acceptors (Lipinski definition) is 5. The molecule has 0 spiro atoms. The topological polar surface area (TPSA) is 71.3 Å². The molecule has 8 heteroatoms. The van der Waals surface area contributed by atoms with Gasteiger partial charge in [-0.15, -0.1) is 11.3 Å². The number of amides is 2. The summed E-state index contributed by atoms with van der Waals surface area (Å²) in [6, 6.07) is 15.3. The van der Waals surface area contributed by atoms with E-state index in [1.807, 2.05) is 52.4 Å². The number of aromatic nitrogens is 3. The molecule has 5 rings (SSSR count). The van der Waals surface area contributed by atoms with Crippen molar-refractivity contribution in [3.8, 4) is 5.69 Å². The molecule has 1 saturated heterocycles. The first kappa shape index (κ1) is 18.5. The summed E-state index contributed by atoms with van der Waals surface area (Å²) >= 11 is 1.44. The van der Waals surface area contributed by atoms with Gasteiger partial charge in [0.2, 0.25) is 0 Å². The highest BCUT2D eigenvalue weighted by Crippen LogP contribution is 2.19. The highest BCUT2D eigenvalue weighted by Gasteiger charge is 2.26. The number of thiophene rings is 1. The maximum absolute atomic E-state index is 13.0. The molecule has 7 nitrogen and oxygen atoms in total. The van der Waals surface area contributed by atoms with Crippen molar-refractivity contribution in [1.82, 2.24) is 24.3 Å². The molecule has 0 aliphatic carbocycles. The zero-order chi connectivity index (χ0) is 20.5. The maximum Gasteiger partial charge on any atom is 0.264 e. The lowest BCUT2D eigenvalue weighted by molar-refractivity contribution is 0.0538. The number of fused-ring (bicyclic) bond motifs is 1. The van der Waals surface area contributed by atoms with Crippen LogP contribution in [0, 0.1) is 0 Å². The number of hydrogen-bond donors (Lipinski definition) is 0. The average molecular weight is 417 g/mol. The van der Waals surface area contributed by atoms with Crippen LogP contribution in [0.1, 0.15) is 20.0 Å². The molecule has 0 radical (unpaired) electrons. The number of carbonyl (C=O) groups excluding carboxylic acids is 2. The predicted octanol–water partition coefficient (Wildman–Crippen LogP) is 3.08. The van der Waals surface area contributed by atoms with Crippen LogP contribution in [0.15, 0.2) is 66.4 Å². The number of nitrogens with zero attached hydrogens (tertiary/aromatic N) is 5. The number of para-hydroxylation sites is 1. The zero-order valence-corrected chi connectivity index (χ0v) is 17.0. The van der Waals surface area contributed by atoms with E-state index in [0.29, 0.717) is 42.9 Å². The summed E-state index contributed by atoms with van der Waals surface area (Å²) in [6.45, 7) is 2.07. The lowest BCUT2D eigenvalue weighted by atomic mass is 10.2. The second kappa shape index (κ2) is 7.72. The van der Waals surface area contributed by atoms with Crippen molar-refractivity contribution in [1.29, 1.82) is 0 Å². The van der Waals surface area contributed by atoms with Crippen molar-refractivity contribution in [2.75, 3.05) is 26.2 Å². The van der Waals surface area contributed by atoms with Crippen LogP contribution in [0.2, 0.25) is 0 Å². The van der Waals surface area contributed by atoms with E-state index < -0.39 is 0 Å². The monoisotopic (exact) mass is 417 g/mol. The SMILES string of the molecule is O=C(c1cnc2c(c1)ncn2-c1ccccc1)N1CCN(C(=O)c2cccs2)CC1. The van der Waals surface area contributed by atoms with Crippen molar-refractivity contribution >= 4 is 34.3 Å². The first-order valence-corrected chi connectivity index (χ1v) is 10.6. The first-order valence-electron chi connectivity index (χ1n) is 9.71. The molecule has 0 unspecified atom stereocenters. The third-order valence-corrected chi connectivity index (χ3v) is 6.11. The van der Waals surface area contributed by atoms with Gasteiger partial charge in [0.15, 0.2) is 5.65 Å². The van der Waals surface area contributed by atoms with E-state index in [-0.39, 0.29) is 11.8 Å². The third kappa shape index (κ3) is 3.35. The number of benzene rings is 1. The van der Waals surface area contributed by atoms with Gasteiger partial charge in [0.05, 0.1) is 10.4 Å². The fourth-order valence-electron chi connectivity index (χ4n) is 3.65. The second-order valence-corrected chi connectivity index (χ2v) is 8.03. The quantitative estimate of drug-likeness (QED) is 0.514. The number of rotatable bonds is 3. The minimum atomic E-state index is -0.0816. The molecule has 1 fully saturated rings. The summed E-state index contributed by atoms with van der Waals surface area (Å²) in [7, 11) is 0. The Bertz CT molecular complexity index is 1190. The van der Waals surface area contributed by atoms with Gasteiger partial charge in [-0.1, -0.05) is 24.3 Å². The molecule has 3 aromatic heterocycles. The molecular formula is C22H19N5O2S. The normalized spacial score (nSPS) is 14.3. The molecule has 4 aromatic rings. The maximum atomic E-state index is 13.0. The van der Waals surface area contributed by atoms with Crippen LogP contribution in [-0.4, -0.2) is 62.3 Å². The van der Waals surface area contributed by atoms with Crippen molar-refractivity contribution in [2.45, 2.75) is 0 Å². The van der Waals surface area contributed by atoms with E-state index in [9.17, 15) is 9.59 Å². The summed E-state index contributed by atoms with van der Waals surface area (Å²) < 4.78 is 1.90. The summed E-state index contributed by atoms with van der Waals surface area (Å²) in [5.41, 5.74) is 2.87. The zero-order valence-electron chi connectivity index (χ0n) is 16.1. The van der Waals surface area contributed by atoms with Gasteiger partial charge in [-0.2, -0.15) is 0 Å². The largest absolute Gasteiger partial charge is 0.335 e. The summed E-state index contributed by atoms with van der Waals surface area (Å²) in [6.07, 6.45) is 3.32. The van der Waals surface area contributed by atoms with Crippen molar-refractivity contribution in [2.24, 2.45) is 0 Å². The van der Waals surface area contributed by atoms with Gasteiger partial charge in [0.25, 0.3) is 11.8 Å². The van der Waals surface area contributed by atoms with E-state index >= 15 is 0 Å². The fraction of sp³-hybridized carbons (Fsp3) is 0.182. The van der Waals surface area contributed by atoms with Gasteiger partial charge in [-0.25, -0.2) is 9.97 Å². The molecule has 1 aromatic carbocycles. The Hall–Kier alpha value is -3.52. The molecule has 0 atom stereocenters. The van der Waals surface area contributed by atoms with Crippen LogP contribution in [0.3, 0.4) is 0 Å². The Morgan fingerprint density at radius 1 is 0.867 bits per heavy atom. The third-order valence-electron chi connectivity index (χ3n) is 5.26. The van der Waals surface area contributed by atoms with Gasteiger partial charge < -0.3 is 9.80 Å². The smallest absolute Gasteiger partial charge is 0.264 e. The van der Waals surface area contributed by atoms with Crippen LogP contribution in [0.4, 0.5) is 0 Å². The molecule has 0 bridgehead atoms. The average Bonchev–Trinajstić information content (AvgIpc) is 3.48. The van der Waals surface area contributed by atoms with E-state index in [0.717, 1.165) is 10.6 Å². The molecule has 4 heterocycles. The van der Waals surface area contributed by atoms with Gasteiger partial charge in [-0.05, 0) is 29.6 Å². The lowest BCUT2D eigenvalue weighted by Gasteiger charge is -2.34. The molecule has 1 aliphatic rings. The van der Waals surface area contributed by atoms with Gasteiger partial charge in [-0.3, -0.25) is 14.2 Å². The lowest BCUT2D eigenvalue weighted by Crippen LogP contribution is -2.50. The van der Waals surface area contributed by atoms with Crippen LogP contribution in [0.5, 0.6) is 0 Å².